The largest absolute Gasteiger partial charge is 0.462 e. The number of hydrogen-bond donors (Lipinski definition) is 1. The summed E-state index contributed by atoms with van der Waals surface area (Å²) in [5.74, 6) is -1.53. The van der Waals surface area contributed by atoms with E-state index in [-0.39, 0.29) is 18.3 Å². The number of nitrogens with zero attached hydrogens (tertiary/aromatic N) is 2. The number of aromatic nitrogens is 1. The summed E-state index contributed by atoms with van der Waals surface area (Å²) < 4.78 is 18.0. The van der Waals surface area contributed by atoms with Gasteiger partial charge in [0.15, 0.2) is 5.79 Å². The van der Waals surface area contributed by atoms with Crippen LogP contribution in [0.1, 0.15) is 47.6 Å². The van der Waals surface area contributed by atoms with Gasteiger partial charge >= 0.3 is 5.97 Å². The van der Waals surface area contributed by atoms with Crippen LogP contribution in [0.25, 0.3) is 5.69 Å². The Morgan fingerprint density at radius 2 is 2.00 bits per heavy atom. The number of esters is 1. The predicted molar refractivity (Wildman–Crippen MR) is 112 cm³/mol. The second-order valence-electron chi connectivity index (χ2n) is 7.23. The summed E-state index contributed by atoms with van der Waals surface area (Å²) in [4.78, 5) is 24.1. The van der Waals surface area contributed by atoms with Crippen molar-refractivity contribution in [3.63, 3.8) is 0 Å². The lowest BCUT2D eigenvalue weighted by molar-refractivity contribution is -0.159. The molecule has 1 aromatic carbocycles. The number of aryl methyl sites for hydroxylation is 1. The highest BCUT2D eigenvalue weighted by atomic mass is 16.7. The summed E-state index contributed by atoms with van der Waals surface area (Å²) in [7, 11) is 0. The second-order valence-corrected chi connectivity index (χ2v) is 7.23. The molecule has 1 N–H and O–H groups in total. The zero-order chi connectivity index (χ0) is 21.7. The first-order chi connectivity index (χ1) is 14.3. The molecule has 0 saturated carbocycles. The van der Waals surface area contributed by atoms with Crippen molar-refractivity contribution in [2.45, 2.75) is 39.9 Å². The van der Waals surface area contributed by atoms with E-state index in [9.17, 15) is 9.59 Å². The predicted octanol–water partition coefficient (Wildman–Crippen LogP) is 2.87. The Kier molecular flexibility index (Phi) is 6.69. The topological polar surface area (TPSA) is 91.2 Å². The molecule has 0 atom stereocenters. The van der Waals surface area contributed by atoms with Crippen LogP contribution in [0.4, 0.5) is 0 Å². The molecule has 1 amide bonds. The minimum atomic E-state index is -0.890. The number of carbonyl (C=O) groups is 2. The van der Waals surface area contributed by atoms with Gasteiger partial charge in [-0.1, -0.05) is 6.07 Å². The number of nitrogens with one attached hydrogen (secondary N) is 1. The molecule has 30 heavy (non-hydrogen) atoms. The maximum absolute atomic E-state index is 12.1. The lowest BCUT2D eigenvalue weighted by atomic mass is 10.2. The van der Waals surface area contributed by atoms with E-state index < -0.39 is 5.79 Å². The molecule has 0 radical (unpaired) electrons. The molecule has 160 valence electrons. The molecule has 0 bridgehead atoms. The first kappa shape index (κ1) is 21.7. The summed E-state index contributed by atoms with van der Waals surface area (Å²) in [5.41, 5.74) is 6.62. The van der Waals surface area contributed by atoms with Crippen LogP contribution in [0.2, 0.25) is 0 Å². The lowest BCUT2D eigenvalue weighted by Crippen LogP contribution is -2.33. The van der Waals surface area contributed by atoms with Gasteiger partial charge in [0.1, 0.15) is 0 Å². The van der Waals surface area contributed by atoms with Crippen molar-refractivity contribution in [2.75, 3.05) is 19.8 Å². The van der Waals surface area contributed by atoms with Crippen LogP contribution in [-0.4, -0.2) is 48.3 Å². The van der Waals surface area contributed by atoms with Crippen molar-refractivity contribution in [1.29, 1.82) is 0 Å². The van der Waals surface area contributed by atoms with Crippen molar-refractivity contribution < 1.29 is 23.8 Å². The Bertz CT molecular complexity index is 958. The van der Waals surface area contributed by atoms with Gasteiger partial charge in [-0.05, 0) is 52.0 Å². The molecular formula is C22H27N3O5. The van der Waals surface area contributed by atoms with Crippen molar-refractivity contribution in [1.82, 2.24) is 9.99 Å². The van der Waals surface area contributed by atoms with Crippen molar-refractivity contribution in [3.05, 3.63) is 52.8 Å². The Labute approximate surface area is 175 Å². The van der Waals surface area contributed by atoms with E-state index >= 15 is 0 Å². The minimum absolute atomic E-state index is 0.0734. The summed E-state index contributed by atoms with van der Waals surface area (Å²) in [5, 5.41) is 4.07. The van der Waals surface area contributed by atoms with E-state index in [0.717, 1.165) is 22.6 Å². The first-order valence-electron chi connectivity index (χ1n) is 9.89. The van der Waals surface area contributed by atoms with Gasteiger partial charge in [-0.15, -0.1) is 0 Å². The third-order valence-electron chi connectivity index (χ3n) is 4.86. The van der Waals surface area contributed by atoms with E-state index in [4.69, 9.17) is 14.2 Å². The fraction of sp³-hybridized carbons (Fsp3) is 0.409. The third-order valence-corrected chi connectivity index (χ3v) is 4.86. The normalized spacial score (nSPS) is 15.5. The Hall–Kier alpha value is -2.97. The highest BCUT2D eigenvalue weighted by molar-refractivity contribution is 5.90. The van der Waals surface area contributed by atoms with E-state index in [1.165, 1.54) is 0 Å². The summed E-state index contributed by atoms with van der Waals surface area (Å²) in [6.45, 7) is 8.73. The zero-order valence-electron chi connectivity index (χ0n) is 17.7. The number of rotatable bonds is 7. The standard InChI is InChI=1S/C22H27N3O5/c1-5-28-21(27)17-7-6-8-19(12-17)25-15(2)11-18(16(25)3)14-23-24-20(26)13-22(4)29-9-10-30-22/h6-8,11-12,14H,5,9-10,13H2,1-4H3,(H,24,26)/b23-14-. The molecule has 3 rings (SSSR count). The van der Waals surface area contributed by atoms with Gasteiger partial charge in [-0.3, -0.25) is 4.79 Å². The van der Waals surface area contributed by atoms with Gasteiger partial charge in [0.2, 0.25) is 5.91 Å². The van der Waals surface area contributed by atoms with Gasteiger partial charge in [0.05, 0.1) is 38.0 Å². The molecule has 1 aliphatic rings. The van der Waals surface area contributed by atoms with Crippen molar-refractivity contribution in [3.8, 4) is 5.69 Å². The van der Waals surface area contributed by atoms with Crippen LogP contribution < -0.4 is 5.43 Å². The molecule has 1 aliphatic heterocycles. The fourth-order valence-electron chi connectivity index (χ4n) is 3.47. The smallest absolute Gasteiger partial charge is 0.338 e. The third kappa shape index (κ3) is 4.95. The maximum atomic E-state index is 12.1. The number of hydrogen-bond acceptors (Lipinski definition) is 6. The zero-order valence-corrected chi connectivity index (χ0v) is 17.7. The quantitative estimate of drug-likeness (QED) is 0.428. The van der Waals surface area contributed by atoms with E-state index in [0.29, 0.717) is 25.4 Å². The number of benzene rings is 1. The molecule has 8 nitrogen and oxygen atoms in total. The summed E-state index contributed by atoms with van der Waals surface area (Å²) in [6, 6.07) is 9.23. The Morgan fingerprint density at radius 1 is 1.27 bits per heavy atom. The Balaban J connectivity index is 1.73. The summed E-state index contributed by atoms with van der Waals surface area (Å²) in [6.07, 6.45) is 1.68. The molecule has 1 aromatic heterocycles. The van der Waals surface area contributed by atoms with Gasteiger partial charge in [0.25, 0.3) is 0 Å². The average molecular weight is 413 g/mol. The van der Waals surface area contributed by atoms with E-state index in [1.54, 1.807) is 32.2 Å². The summed E-state index contributed by atoms with van der Waals surface area (Å²) >= 11 is 0. The van der Waals surface area contributed by atoms with Crippen LogP contribution in [0.3, 0.4) is 0 Å². The average Bonchev–Trinajstić information content (AvgIpc) is 3.25. The van der Waals surface area contributed by atoms with Gasteiger partial charge in [-0.2, -0.15) is 5.10 Å². The SMILES string of the molecule is CCOC(=O)c1cccc(-n2c(C)cc(/C=N\NC(=O)CC3(C)OCCO3)c2C)c1. The first-order valence-corrected chi connectivity index (χ1v) is 9.89. The van der Waals surface area contributed by atoms with E-state index in [2.05, 4.69) is 10.5 Å². The van der Waals surface area contributed by atoms with Crippen molar-refractivity contribution in [2.24, 2.45) is 5.10 Å². The number of ether oxygens (including phenoxy) is 3. The fourth-order valence-corrected chi connectivity index (χ4v) is 3.47. The number of hydrazone groups is 1. The molecule has 0 aliphatic carbocycles. The molecule has 2 aromatic rings. The molecule has 2 heterocycles. The van der Waals surface area contributed by atoms with Crippen LogP contribution >= 0.6 is 0 Å². The number of amides is 1. The second kappa shape index (κ2) is 9.23. The van der Waals surface area contributed by atoms with Crippen LogP contribution in [-0.2, 0) is 19.0 Å². The highest BCUT2D eigenvalue weighted by Gasteiger charge is 2.33. The van der Waals surface area contributed by atoms with Crippen LogP contribution in [0, 0.1) is 13.8 Å². The number of carbonyl (C=O) groups excluding carboxylic acids is 2. The minimum Gasteiger partial charge on any atom is -0.462 e. The van der Waals surface area contributed by atoms with Gasteiger partial charge < -0.3 is 18.8 Å². The molecule has 0 spiro atoms. The molecule has 1 saturated heterocycles. The Morgan fingerprint density at radius 3 is 2.70 bits per heavy atom. The van der Waals surface area contributed by atoms with Crippen LogP contribution in [0.15, 0.2) is 35.4 Å². The van der Waals surface area contributed by atoms with Crippen molar-refractivity contribution >= 4 is 18.1 Å². The monoisotopic (exact) mass is 413 g/mol. The molecular weight excluding hydrogens is 386 g/mol. The molecule has 8 heteroatoms. The van der Waals surface area contributed by atoms with E-state index in [1.807, 2.05) is 36.6 Å². The van der Waals surface area contributed by atoms with Gasteiger partial charge in [-0.25, -0.2) is 10.2 Å². The van der Waals surface area contributed by atoms with Gasteiger partial charge in [0, 0.05) is 22.6 Å². The lowest BCUT2D eigenvalue weighted by Gasteiger charge is -2.20. The highest BCUT2D eigenvalue weighted by Crippen LogP contribution is 2.23. The van der Waals surface area contributed by atoms with Crippen LogP contribution in [0.5, 0.6) is 0 Å². The molecule has 1 fully saturated rings. The maximum Gasteiger partial charge on any atom is 0.338 e. The molecule has 0 unspecified atom stereocenters.